The van der Waals surface area contributed by atoms with E-state index < -0.39 is 11.7 Å². The number of amides is 1. The van der Waals surface area contributed by atoms with Gasteiger partial charge in [-0.05, 0) is 36.8 Å². The van der Waals surface area contributed by atoms with Crippen molar-refractivity contribution in [3.8, 4) is 5.69 Å². The summed E-state index contributed by atoms with van der Waals surface area (Å²) in [6.45, 7) is 1.78. The van der Waals surface area contributed by atoms with E-state index >= 15 is 0 Å². The molecule has 168 valence electrons. The summed E-state index contributed by atoms with van der Waals surface area (Å²) in [6.07, 6.45) is 3.56. The Balaban J connectivity index is 1.40. The molecule has 0 atom stereocenters. The summed E-state index contributed by atoms with van der Waals surface area (Å²) in [5.41, 5.74) is 0.469. The largest absolute Gasteiger partial charge is 0.340 e. The predicted octanol–water partition coefficient (Wildman–Crippen LogP) is 2.65. The third kappa shape index (κ3) is 4.05. The normalized spacial score (nSPS) is 14.5. The highest BCUT2D eigenvalue weighted by Crippen LogP contribution is 2.21. The minimum Gasteiger partial charge on any atom is -0.340 e. The number of carbonyl (C=O) groups is 1. The van der Waals surface area contributed by atoms with Crippen molar-refractivity contribution in [2.45, 2.75) is 6.42 Å². The zero-order valence-electron chi connectivity index (χ0n) is 17.4. The number of rotatable bonds is 3. The van der Waals surface area contributed by atoms with E-state index in [1.807, 2.05) is 4.90 Å². The molecule has 0 saturated carbocycles. The molecule has 11 heteroatoms. The van der Waals surface area contributed by atoms with Crippen LogP contribution in [0, 0.1) is 5.82 Å². The summed E-state index contributed by atoms with van der Waals surface area (Å²) >= 11 is 5.99. The molecular formula is C22H19ClFN7O2. The van der Waals surface area contributed by atoms with Crippen LogP contribution >= 0.6 is 11.6 Å². The van der Waals surface area contributed by atoms with Gasteiger partial charge in [-0.25, -0.2) is 9.37 Å². The molecule has 3 heterocycles. The van der Waals surface area contributed by atoms with Crippen molar-refractivity contribution in [3.05, 3.63) is 75.5 Å². The Bertz CT molecular complexity index is 1390. The third-order valence-electron chi connectivity index (χ3n) is 5.58. The molecule has 1 saturated heterocycles. The molecule has 1 amide bonds. The molecule has 2 aromatic carbocycles. The fourth-order valence-corrected chi connectivity index (χ4v) is 4.14. The second-order valence-corrected chi connectivity index (χ2v) is 8.07. The van der Waals surface area contributed by atoms with Crippen molar-refractivity contribution in [1.82, 2.24) is 29.9 Å². The molecule has 1 aliphatic heterocycles. The number of anilines is 1. The van der Waals surface area contributed by atoms with Crippen LogP contribution in [0.25, 0.3) is 16.6 Å². The second kappa shape index (κ2) is 8.62. The molecule has 4 aromatic rings. The Kier molecular flexibility index (Phi) is 5.51. The first kappa shape index (κ1) is 21.1. The van der Waals surface area contributed by atoms with Gasteiger partial charge >= 0.3 is 0 Å². The van der Waals surface area contributed by atoms with E-state index in [0.29, 0.717) is 54.5 Å². The van der Waals surface area contributed by atoms with E-state index in [2.05, 4.69) is 20.2 Å². The number of hydrogen-bond acceptors (Lipinski definition) is 6. The van der Waals surface area contributed by atoms with Crippen LogP contribution in [0.1, 0.15) is 16.8 Å². The van der Waals surface area contributed by atoms with Crippen LogP contribution in [0.5, 0.6) is 0 Å². The highest BCUT2D eigenvalue weighted by Gasteiger charge is 2.27. The number of aromatic amines is 1. The summed E-state index contributed by atoms with van der Waals surface area (Å²) in [5.74, 6) is -0.636. The van der Waals surface area contributed by atoms with E-state index in [0.717, 1.165) is 0 Å². The first-order valence-electron chi connectivity index (χ1n) is 10.4. The molecule has 1 aliphatic rings. The fraction of sp³-hybridized carbons (Fsp3) is 0.227. The molecule has 9 nitrogen and oxygen atoms in total. The van der Waals surface area contributed by atoms with Gasteiger partial charge in [0.1, 0.15) is 17.1 Å². The van der Waals surface area contributed by atoms with Gasteiger partial charge in [0.05, 0.1) is 23.3 Å². The highest BCUT2D eigenvalue weighted by atomic mass is 35.5. The number of nitrogens with zero attached hydrogens (tertiary/aromatic N) is 6. The molecule has 0 aliphatic carbocycles. The van der Waals surface area contributed by atoms with Gasteiger partial charge in [-0.1, -0.05) is 17.7 Å². The smallest absolute Gasteiger partial charge is 0.260 e. The van der Waals surface area contributed by atoms with E-state index in [9.17, 15) is 14.0 Å². The zero-order chi connectivity index (χ0) is 22.9. The maximum Gasteiger partial charge on any atom is 0.260 e. The Morgan fingerprint density at radius 2 is 1.88 bits per heavy atom. The number of carbonyl (C=O) groups excluding carboxylic acids is 1. The standard InChI is InChI=1S/C22H19ClFN7O2/c23-14-5-6-17-15(13-14)20(32)28-22(27-17)30-10-2-9-29(11-12-30)21(33)19-16(24)3-1-4-18(19)31-25-7-8-26-31/h1,3-8,13H,2,9-12H2,(H,27,28,32). The van der Waals surface area contributed by atoms with E-state index in [1.165, 1.54) is 29.3 Å². The summed E-state index contributed by atoms with van der Waals surface area (Å²) in [6, 6.07) is 9.34. The van der Waals surface area contributed by atoms with Gasteiger partial charge < -0.3 is 9.80 Å². The summed E-state index contributed by atoms with van der Waals surface area (Å²) in [5, 5.41) is 8.94. The van der Waals surface area contributed by atoms with Gasteiger partial charge in [-0.2, -0.15) is 15.0 Å². The molecule has 1 fully saturated rings. The SMILES string of the molecule is O=C(c1c(F)cccc1-n1nccn1)N1CCCN(c2nc3ccc(Cl)cc3c(=O)[nH]2)CC1. The number of benzene rings is 2. The Labute approximate surface area is 192 Å². The van der Waals surface area contributed by atoms with Gasteiger partial charge in [0, 0.05) is 31.2 Å². The lowest BCUT2D eigenvalue weighted by atomic mass is 10.1. The maximum absolute atomic E-state index is 14.7. The van der Waals surface area contributed by atoms with Crippen LogP contribution in [0.15, 0.2) is 53.6 Å². The Morgan fingerprint density at radius 1 is 1.06 bits per heavy atom. The van der Waals surface area contributed by atoms with Crippen molar-refractivity contribution in [3.63, 3.8) is 0 Å². The topological polar surface area (TPSA) is 100 Å². The molecule has 0 radical (unpaired) electrons. The molecule has 33 heavy (non-hydrogen) atoms. The van der Waals surface area contributed by atoms with Crippen LogP contribution in [0.4, 0.5) is 10.3 Å². The molecule has 5 rings (SSSR count). The summed E-state index contributed by atoms with van der Waals surface area (Å²) < 4.78 is 14.7. The number of hydrogen-bond donors (Lipinski definition) is 1. The maximum atomic E-state index is 14.7. The van der Waals surface area contributed by atoms with Gasteiger partial charge in [-0.3, -0.25) is 14.6 Å². The number of nitrogens with one attached hydrogen (secondary N) is 1. The molecule has 0 bridgehead atoms. The van der Waals surface area contributed by atoms with Gasteiger partial charge in [0.15, 0.2) is 0 Å². The van der Waals surface area contributed by atoms with Crippen molar-refractivity contribution in [2.24, 2.45) is 0 Å². The van der Waals surface area contributed by atoms with Crippen molar-refractivity contribution in [1.29, 1.82) is 0 Å². The summed E-state index contributed by atoms with van der Waals surface area (Å²) in [4.78, 5) is 37.9. The number of aromatic nitrogens is 5. The van der Waals surface area contributed by atoms with Crippen molar-refractivity contribution < 1.29 is 9.18 Å². The molecule has 2 aromatic heterocycles. The average molecular weight is 468 g/mol. The first-order chi connectivity index (χ1) is 16.0. The van der Waals surface area contributed by atoms with Crippen LogP contribution < -0.4 is 10.5 Å². The predicted molar refractivity (Wildman–Crippen MR) is 121 cm³/mol. The number of H-pyrrole nitrogens is 1. The number of halogens is 2. The van der Waals surface area contributed by atoms with Gasteiger partial charge in [-0.15, -0.1) is 0 Å². The van der Waals surface area contributed by atoms with Crippen LogP contribution in [-0.4, -0.2) is 61.9 Å². The molecule has 0 unspecified atom stereocenters. The van der Waals surface area contributed by atoms with Crippen molar-refractivity contribution >= 4 is 34.4 Å². The van der Waals surface area contributed by atoms with E-state index in [4.69, 9.17) is 11.6 Å². The summed E-state index contributed by atoms with van der Waals surface area (Å²) in [7, 11) is 0. The first-order valence-corrected chi connectivity index (χ1v) is 10.8. The lowest BCUT2D eigenvalue weighted by Gasteiger charge is -2.23. The van der Waals surface area contributed by atoms with Crippen LogP contribution in [0.2, 0.25) is 5.02 Å². The minimum atomic E-state index is -0.630. The molecule has 1 N–H and O–H groups in total. The van der Waals surface area contributed by atoms with Gasteiger partial charge in [0.25, 0.3) is 11.5 Å². The highest BCUT2D eigenvalue weighted by molar-refractivity contribution is 6.31. The lowest BCUT2D eigenvalue weighted by molar-refractivity contribution is 0.0762. The Hall–Kier alpha value is -3.79. The zero-order valence-corrected chi connectivity index (χ0v) is 18.2. The van der Waals surface area contributed by atoms with E-state index in [1.54, 1.807) is 29.2 Å². The third-order valence-corrected chi connectivity index (χ3v) is 5.81. The monoisotopic (exact) mass is 467 g/mol. The quantitative estimate of drug-likeness (QED) is 0.497. The molecule has 0 spiro atoms. The lowest BCUT2D eigenvalue weighted by Crippen LogP contribution is -2.37. The van der Waals surface area contributed by atoms with Crippen LogP contribution in [0.3, 0.4) is 0 Å². The second-order valence-electron chi connectivity index (χ2n) is 7.64. The van der Waals surface area contributed by atoms with E-state index in [-0.39, 0.29) is 16.8 Å². The minimum absolute atomic E-state index is 0.0729. The fourth-order valence-electron chi connectivity index (χ4n) is 3.97. The Morgan fingerprint density at radius 3 is 2.70 bits per heavy atom. The average Bonchev–Trinajstić information content (AvgIpc) is 3.23. The van der Waals surface area contributed by atoms with Gasteiger partial charge in [0.2, 0.25) is 5.95 Å². The van der Waals surface area contributed by atoms with Crippen LogP contribution in [-0.2, 0) is 0 Å². The number of fused-ring (bicyclic) bond motifs is 1. The molecular weight excluding hydrogens is 449 g/mol. The van der Waals surface area contributed by atoms with Crippen molar-refractivity contribution in [2.75, 3.05) is 31.1 Å².